The first-order valence-corrected chi connectivity index (χ1v) is 7.30. The van der Waals surface area contributed by atoms with Crippen LogP contribution < -0.4 is 5.32 Å². The molecular formula is C14H18IN3. The molecule has 3 nitrogen and oxygen atoms in total. The average molecular weight is 355 g/mol. The van der Waals surface area contributed by atoms with Gasteiger partial charge in [0.1, 0.15) is 0 Å². The Balaban J connectivity index is 1.71. The van der Waals surface area contributed by atoms with E-state index in [-0.39, 0.29) is 0 Å². The molecule has 0 amide bonds. The summed E-state index contributed by atoms with van der Waals surface area (Å²) in [4.78, 5) is 0. The molecule has 1 aromatic heterocycles. The highest BCUT2D eigenvalue weighted by molar-refractivity contribution is 14.1. The zero-order valence-corrected chi connectivity index (χ0v) is 12.7. The summed E-state index contributed by atoms with van der Waals surface area (Å²) in [6.07, 6.45) is 4.92. The topological polar surface area (TPSA) is 29.9 Å². The smallest absolute Gasteiger partial charge is 0.0489 e. The van der Waals surface area contributed by atoms with Crippen LogP contribution in [0, 0.1) is 3.57 Å². The molecule has 0 aliphatic heterocycles. The molecule has 4 heteroatoms. The molecule has 1 heterocycles. The van der Waals surface area contributed by atoms with Crippen molar-refractivity contribution in [2.75, 3.05) is 6.54 Å². The molecule has 18 heavy (non-hydrogen) atoms. The third kappa shape index (κ3) is 4.10. The SMILES string of the molecule is CC(NCCCn1cccn1)c1ccc(I)cc1. The number of halogens is 1. The van der Waals surface area contributed by atoms with Gasteiger partial charge in [0.15, 0.2) is 0 Å². The minimum atomic E-state index is 0.402. The van der Waals surface area contributed by atoms with Gasteiger partial charge in [0, 0.05) is 28.6 Å². The molecule has 0 bridgehead atoms. The minimum absolute atomic E-state index is 0.402. The van der Waals surface area contributed by atoms with Crippen molar-refractivity contribution in [3.63, 3.8) is 0 Å². The van der Waals surface area contributed by atoms with Crippen molar-refractivity contribution in [2.45, 2.75) is 25.9 Å². The zero-order chi connectivity index (χ0) is 12.8. The second-order valence-electron chi connectivity index (χ2n) is 4.35. The van der Waals surface area contributed by atoms with Gasteiger partial charge in [0.05, 0.1) is 0 Å². The standard InChI is InChI=1S/C14H18IN3/c1-12(13-4-6-14(15)7-5-13)16-8-2-10-18-11-3-9-17-18/h3-7,9,11-12,16H,2,8,10H2,1H3. The first-order valence-electron chi connectivity index (χ1n) is 6.22. The molecule has 1 N–H and O–H groups in total. The van der Waals surface area contributed by atoms with E-state index >= 15 is 0 Å². The third-order valence-electron chi connectivity index (χ3n) is 2.94. The van der Waals surface area contributed by atoms with Crippen molar-refractivity contribution < 1.29 is 0 Å². The summed E-state index contributed by atoms with van der Waals surface area (Å²) in [5.41, 5.74) is 1.34. The molecule has 1 atom stereocenters. The summed E-state index contributed by atoms with van der Waals surface area (Å²) in [5.74, 6) is 0. The summed E-state index contributed by atoms with van der Waals surface area (Å²) in [5, 5.41) is 7.73. The molecule has 0 saturated heterocycles. The van der Waals surface area contributed by atoms with Gasteiger partial charge in [0.2, 0.25) is 0 Å². The Bertz CT molecular complexity index is 450. The van der Waals surface area contributed by atoms with Gasteiger partial charge in [0.25, 0.3) is 0 Å². The van der Waals surface area contributed by atoms with Crippen LogP contribution in [0.1, 0.15) is 24.9 Å². The van der Waals surface area contributed by atoms with Crippen molar-refractivity contribution in [1.82, 2.24) is 15.1 Å². The van der Waals surface area contributed by atoms with E-state index in [1.54, 1.807) is 0 Å². The van der Waals surface area contributed by atoms with Gasteiger partial charge in [-0.25, -0.2) is 0 Å². The monoisotopic (exact) mass is 355 g/mol. The highest BCUT2D eigenvalue weighted by Crippen LogP contribution is 2.14. The van der Waals surface area contributed by atoms with Gasteiger partial charge in [-0.05, 0) is 66.2 Å². The van der Waals surface area contributed by atoms with E-state index in [9.17, 15) is 0 Å². The number of hydrogen-bond donors (Lipinski definition) is 1. The Hall–Kier alpha value is -0.880. The lowest BCUT2D eigenvalue weighted by molar-refractivity contribution is 0.507. The van der Waals surface area contributed by atoms with Crippen molar-refractivity contribution >= 4 is 22.6 Å². The summed E-state index contributed by atoms with van der Waals surface area (Å²) >= 11 is 2.33. The second kappa shape index (κ2) is 6.89. The van der Waals surface area contributed by atoms with Crippen LogP contribution in [0.5, 0.6) is 0 Å². The van der Waals surface area contributed by atoms with E-state index in [2.05, 4.69) is 64.2 Å². The van der Waals surface area contributed by atoms with Crippen molar-refractivity contribution in [2.24, 2.45) is 0 Å². The Morgan fingerprint density at radius 3 is 2.78 bits per heavy atom. The van der Waals surface area contributed by atoms with Gasteiger partial charge in [-0.1, -0.05) is 12.1 Å². The number of aryl methyl sites for hydroxylation is 1. The highest BCUT2D eigenvalue weighted by Gasteiger charge is 2.03. The molecule has 0 aliphatic rings. The van der Waals surface area contributed by atoms with Gasteiger partial charge in [-0.2, -0.15) is 5.10 Å². The Labute approximate surface area is 122 Å². The molecule has 0 aliphatic carbocycles. The molecule has 96 valence electrons. The van der Waals surface area contributed by atoms with Crippen LogP contribution in [0.2, 0.25) is 0 Å². The number of nitrogens with zero attached hydrogens (tertiary/aromatic N) is 2. The van der Waals surface area contributed by atoms with Gasteiger partial charge in [-0.3, -0.25) is 4.68 Å². The van der Waals surface area contributed by atoms with E-state index < -0.39 is 0 Å². The summed E-state index contributed by atoms with van der Waals surface area (Å²) in [7, 11) is 0. The molecule has 0 radical (unpaired) electrons. The Kier molecular flexibility index (Phi) is 5.19. The Morgan fingerprint density at radius 1 is 1.33 bits per heavy atom. The largest absolute Gasteiger partial charge is 0.310 e. The lowest BCUT2D eigenvalue weighted by atomic mass is 10.1. The molecule has 1 unspecified atom stereocenters. The molecule has 0 spiro atoms. The maximum absolute atomic E-state index is 4.19. The van der Waals surface area contributed by atoms with Crippen LogP contribution in [0.25, 0.3) is 0 Å². The lowest BCUT2D eigenvalue weighted by Crippen LogP contribution is -2.21. The normalized spacial score (nSPS) is 12.6. The van der Waals surface area contributed by atoms with Crippen LogP contribution in [-0.4, -0.2) is 16.3 Å². The quantitative estimate of drug-likeness (QED) is 0.637. The zero-order valence-electron chi connectivity index (χ0n) is 10.5. The first kappa shape index (κ1) is 13.5. The number of nitrogens with one attached hydrogen (secondary N) is 1. The van der Waals surface area contributed by atoms with Crippen LogP contribution in [-0.2, 0) is 6.54 Å². The number of rotatable bonds is 6. The highest BCUT2D eigenvalue weighted by atomic mass is 127. The minimum Gasteiger partial charge on any atom is -0.310 e. The lowest BCUT2D eigenvalue weighted by Gasteiger charge is -2.14. The van der Waals surface area contributed by atoms with Gasteiger partial charge in [-0.15, -0.1) is 0 Å². The number of aromatic nitrogens is 2. The van der Waals surface area contributed by atoms with Crippen LogP contribution in [0.4, 0.5) is 0 Å². The first-order chi connectivity index (χ1) is 8.75. The predicted octanol–water partition coefficient (Wildman–Crippen LogP) is 3.23. The van der Waals surface area contributed by atoms with E-state index in [1.807, 2.05) is 23.1 Å². The summed E-state index contributed by atoms with van der Waals surface area (Å²) in [6.45, 7) is 4.18. The van der Waals surface area contributed by atoms with E-state index in [0.29, 0.717) is 6.04 Å². The van der Waals surface area contributed by atoms with Crippen molar-refractivity contribution in [1.29, 1.82) is 0 Å². The molecule has 1 aromatic carbocycles. The maximum atomic E-state index is 4.19. The fourth-order valence-corrected chi connectivity index (χ4v) is 2.22. The Morgan fingerprint density at radius 2 is 2.11 bits per heavy atom. The van der Waals surface area contributed by atoms with Crippen molar-refractivity contribution in [3.8, 4) is 0 Å². The predicted molar refractivity (Wildman–Crippen MR) is 82.4 cm³/mol. The molecular weight excluding hydrogens is 337 g/mol. The molecule has 2 rings (SSSR count). The third-order valence-corrected chi connectivity index (χ3v) is 3.66. The second-order valence-corrected chi connectivity index (χ2v) is 5.60. The number of hydrogen-bond acceptors (Lipinski definition) is 2. The van der Waals surface area contributed by atoms with Gasteiger partial charge < -0.3 is 5.32 Å². The van der Waals surface area contributed by atoms with Crippen LogP contribution >= 0.6 is 22.6 Å². The van der Waals surface area contributed by atoms with E-state index in [1.165, 1.54) is 9.13 Å². The summed E-state index contributed by atoms with van der Waals surface area (Å²) < 4.78 is 3.25. The van der Waals surface area contributed by atoms with Crippen molar-refractivity contribution in [3.05, 3.63) is 51.9 Å². The fraction of sp³-hybridized carbons (Fsp3) is 0.357. The van der Waals surface area contributed by atoms with E-state index in [4.69, 9.17) is 0 Å². The van der Waals surface area contributed by atoms with Gasteiger partial charge >= 0.3 is 0 Å². The molecule has 0 fully saturated rings. The summed E-state index contributed by atoms with van der Waals surface area (Å²) in [6, 6.07) is 11.0. The maximum Gasteiger partial charge on any atom is 0.0489 e. The van der Waals surface area contributed by atoms with Crippen LogP contribution in [0.15, 0.2) is 42.7 Å². The molecule has 2 aromatic rings. The molecule has 0 saturated carbocycles. The van der Waals surface area contributed by atoms with E-state index in [0.717, 1.165) is 19.5 Å². The fourth-order valence-electron chi connectivity index (χ4n) is 1.86. The number of benzene rings is 1. The average Bonchev–Trinajstić information content (AvgIpc) is 2.88. The van der Waals surface area contributed by atoms with Crippen LogP contribution in [0.3, 0.4) is 0 Å².